The zero-order valence-electron chi connectivity index (χ0n) is 12.2. The van der Waals surface area contributed by atoms with Crippen LogP contribution in [0.3, 0.4) is 0 Å². The molecule has 0 heterocycles. The Bertz CT molecular complexity index is 557. The van der Waals surface area contributed by atoms with Gasteiger partial charge in [-0.15, -0.1) is 0 Å². The molecule has 0 unspecified atom stereocenters. The summed E-state index contributed by atoms with van der Waals surface area (Å²) in [5.41, 5.74) is 0.392. The molecule has 0 saturated heterocycles. The fourth-order valence-corrected chi connectivity index (χ4v) is 2.85. The molecule has 0 spiro atoms. The van der Waals surface area contributed by atoms with Crippen molar-refractivity contribution in [3.05, 3.63) is 23.8 Å². The van der Waals surface area contributed by atoms with Crippen molar-refractivity contribution in [1.29, 1.82) is 5.26 Å². The van der Waals surface area contributed by atoms with Crippen molar-refractivity contribution >= 4 is 11.7 Å². The van der Waals surface area contributed by atoms with Crippen molar-refractivity contribution in [3.63, 3.8) is 0 Å². The maximum absolute atomic E-state index is 11.6. The van der Waals surface area contributed by atoms with Gasteiger partial charge in [0.2, 0.25) is 0 Å². The number of benzene rings is 1. The van der Waals surface area contributed by atoms with Crippen LogP contribution in [0, 0.1) is 16.7 Å². The highest BCUT2D eigenvalue weighted by molar-refractivity contribution is 5.76. The molecule has 0 aromatic heterocycles. The van der Waals surface area contributed by atoms with Gasteiger partial charge in [0.05, 0.1) is 23.8 Å². The van der Waals surface area contributed by atoms with E-state index in [1.54, 1.807) is 25.3 Å². The van der Waals surface area contributed by atoms with Gasteiger partial charge in [-0.2, -0.15) is 5.26 Å². The van der Waals surface area contributed by atoms with Crippen LogP contribution in [-0.2, 0) is 4.79 Å². The molecule has 2 N–H and O–H groups in total. The zero-order chi connectivity index (χ0) is 15.3. The molecule has 21 heavy (non-hydrogen) atoms. The second-order valence-corrected chi connectivity index (χ2v) is 5.52. The van der Waals surface area contributed by atoms with Crippen LogP contribution >= 0.6 is 0 Å². The lowest BCUT2D eigenvalue weighted by Gasteiger charge is -2.33. The van der Waals surface area contributed by atoms with E-state index in [-0.39, 0.29) is 0 Å². The summed E-state index contributed by atoms with van der Waals surface area (Å²) in [4.78, 5) is 11.6. The minimum Gasteiger partial charge on any atom is -0.497 e. The summed E-state index contributed by atoms with van der Waals surface area (Å²) in [7, 11) is 1.56. The fourth-order valence-electron chi connectivity index (χ4n) is 2.85. The van der Waals surface area contributed by atoms with Gasteiger partial charge in [-0.3, -0.25) is 4.79 Å². The van der Waals surface area contributed by atoms with E-state index in [1.807, 2.05) is 0 Å². The standard InChI is InChI=1S/C16H20N2O3/c1-21-13-6-5-12(10-17)14(9-13)18-11-16(15(19)20)7-3-2-4-8-16/h5-6,9,18H,2-4,7-8,11H2,1H3,(H,19,20). The highest BCUT2D eigenvalue weighted by Crippen LogP contribution is 2.37. The fraction of sp³-hybridized carbons (Fsp3) is 0.500. The minimum atomic E-state index is -0.754. The number of hydrogen-bond donors (Lipinski definition) is 2. The van der Waals surface area contributed by atoms with Crippen molar-refractivity contribution in [3.8, 4) is 11.8 Å². The molecule has 5 heteroatoms. The zero-order valence-corrected chi connectivity index (χ0v) is 12.2. The van der Waals surface area contributed by atoms with Gasteiger partial charge >= 0.3 is 5.97 Å². The molecular weight excluding hydrogens is 268 g/mol. The predicted octanol–water partition coefficient (Wildman–Crippen LogP) is 3.01. The molecule has 0 atom stereocenters. The summed E-state index contributed by atoms with van der Waals surface area (Å²) in [5.74, 6) is -0.111. The van der Waals surface area contributed by atoms with E-state index in [2.05, 4.69) is 11.4 Å². The molecule has 2 rings (SSSR count). The summed E-state index contributed by atoms with van der Waals surface area (Å²) >= 11 is 0. The van der Waals surface area contributed by atoms with Crippen molar-refractivity contribution in [2.24, 2.45) is 5.41 Å². The summed E-state index contributed by atoms with van der Waals surface area (Å²) < 4.78 is 5.15. The van der Waals surface area contributed by atoms with Crippen LogP contribution in [0.4, 0.5) is 5.69 Å². The number of anilines is 1. The maximum atomic E-state index is 11.6. The van der Waals surface area contributed by atoms with Crippen LogP contribution in [0.5, 0.6) is 5.75 Å². The third kappa shape index (κ3) is 3.27. The number of nitrogens with zero attached hydrogens (tertiary/aromatic N) is 1. The molecule has 0 radical (unpaired) electrons. The number of carbonyl (C=O) groups is 1. The number of nitrogens with one attached hydrogen (secondary N) is 1. The summed E-state index contributed by atoms with van der Waals surface area (Å²) in [5, 5.41) is 21.9. The van der Waals surface area contributed by atoms with Gasteiger partial charge < -0.3 is 15.2 Å². The van der Waals surface area contributed by atoms with Crippen LogP contribution in [0.1, 0.15) is 37.7 Å². The average molecular weight is 288 g/mol. The quantitative estimate of drug-likeness (QED) is 0.870. The maximum Gasteiger partial charge on any atom is 0.311 e. The van der Waals surface area contributed by atoms with Gasteiger partial charge in [-0.1, -0.05) is 19.3 Å². The monoisotopic (exact) mass is 288 g/mol. The Kier molecular flexibility index (Phi) is 4.69. The molecule has 112 valence electrons. The van der Waals surface area contributed by atoms with Crippen LogP contribution < -0.4 is 10.1 Å². The lowest BCUT2D eigenvalue weighted by atomic mass is 9.74. The van der Waals surface area contributed by atoms with Crippen molar-refractivity contribution in [2.45, 2.75) is 32.1 Å². The SMILES string of the molecule is COc1ccc(C#N)c(NCC2(C(=O)O)CCCCC2)c1. The first-order valence-corrected chi connectivity index (χ1v) is 7.17. The minimum absolute atomic E-state index is 0.337. The van der Waals surface area contributed by atoms with Gasteiger partial charge in [0.1, 0.15) is 11.8 Å². The van der Waals surface area contributed by atoms with Crippen LogP contribution in [0.15, 0.2) is 18.2 Å². The van der Waals surface area contributed by atoms with E-state index >= 15 is 0 Å². The van der Waals surface area contributed by atoms with Crippen molar-refractivity contribution in [2.75, 3.05) is 19.0 Å². The number of ether oxygens (including phenoxy) is 1. The first-order valence-electron chi connectivity index (χ1n) is 7.17. The summed E-state index contributed by atoms with van der Waals surface area (Å²) in [6, 6.07) is 7.24. The number of carboxylic acid groups (broad SMARTS) is 1. The number of nitriles is 1. The summed E-state index contributed by atoms with van der Waals surface area (Å²) in [6.45, 7) is 0.337. The number of methoxy groups -OCH3 is 1. The number of aliphatic carboxylic acids is 1. The number of carboxylic acids is 1. The second-order valence-electron chi connectivity index (χ2n) is 5.52. The Morgan fingerprint density at radius 3 is 2.71 bits per heavy atom. The molecular formula is C16H20N2O3. The molecule has 0 amide bonds. The van der Waals surface area contributed by atoms with E-state index < -0.39 is 11.4 Å². The highest BCUT2D eigenvalue weighted by Gasteiger charge is 2.39. The number of rotatable bonds is 5. The van der Waals surface area contributed by atoms with Crippen LogP contribution in [0.2, 0.25) is 0 Å². The van der Waals surface area contributed by atoms with E-state index in [9.17, 15) is 9.90 Å². The van der Waals surface area contributed by atoms with E-state index in [0.717, 1.165) is 19.3 Å². The molecule has 1 aromatic carbocycles. The van der Waals surface area contributed by atoms with Gasteiger partial charge in [0.25, 0.3) is 0 Å². The Balaban J connectivity index is 2.17. The first-order chi connectivity index (χ1) is 10.1. The highest BCUT2D eigenvalue weighted by atomic mass is 16.5. The van der Waals surface area contributed by atoms with Crippen LogP contribution in [0.25, 0.3) is 0 Å². The molecule has 1 aliphatic carbocycles. The first kappa shape index (κ1) is 15.2. The van der Waals surface area contributed by atoms with Gasteiger partial charge in [-0.05, 0) is 25.0 Å². The van der Waals surface area contributed by atoms with Gasteiger partial charge in [0.15, 0.2) is 0 Å². The molecule has 1 aliphatic rings. The normalized spacial score (nSPS) is 16.8. The Hall–Kier alpha value is -2.22. The Morgan fingerprint density at radius 2 is 2.14 bits per heavy atom. The lowest BCUT2D eigenvalue weighted by Crippen LogP contribution is -2.39. The molecule has 5 nitrogen and oxygen atoms in total. The average Bonchev–Trinajstić information content (AvgIpc) is 2.53. The number of hydrogen-bond acceptors (Lipinski definition) is 4. The molecule has 1 saturated carbocycles. The van der Waals surface area contributed by atoms with E-state index in [4.69, 9.17) is 10.00 Å². The molecule has 1 fully saturated rings. The molecule has 1 aromatic rings. The Labute approximate surface area is 124 Å². The summed E-state index contributed by atoms with van der Waals surface area (Å²) in [6.07, 6.45) is 4.34. The smallest absolute Gasteiger partial charge is 0.311 e. The third-order valence-corrected chi connectivity index (χ3v) is 4.23. The predicted molar refractivity (Wildman–Crippen MR) is 79.4 cm³/mol. The Morgan fingerprint density at radius 1 is 1.43 bits per heavy atom. The third-order valence-electron chi connectivity index (χ3n) is 4.23. The van der Waals surface area contributed by atoms with Crippen molar-refractivity contribution < 1.29 is 14.6 Å². The van der Waals surface area contributed by atoms with E-state index in [0.29, 0.717) is 36.4 Å². The van der Waals surface area contributed by atoms with Crippen LogP contribution in [-0.4, -0.2) is 24.7 Å². The largest absolute Gasteiger partial charge is 0.497 e. The lowest BCUT2D eigenvalue weighted by molar-refractivity contribution is -0.150. The second kappa shape index (κ2) is 6.49. The van der Waals surface area contributed by atoms with Gasteiger partial charge in [-0.25, -0.2) is 0 Å². The van der Waals surface area contributed by atoms with Crippen molar-refractivity contribution in [1.82, 2.24) is 0 Å². The van der Waals surface area contributed by atoms with Gasteiger partial charge in [0, 0.05) is 12.6 Å². The molecule has 0 aliphatic heterocycles. The topological polar surface area (TPSA) is 82.3 Å². The molecule has 0 bridgehead atoms. The van der Waals surface area contributed by atoms with E-state index in [1.165, 1.54) is 0 Å².